The number of likely N-dealkylation sites (tertiary alicyclic amines) is 1. The summed E-state index contributed by atoms with van der Waals surface area (Å²) in [6.07, 6.45) is 1.77. The highest BCUT2D eigenvalue weighted by molar-refractivity contribution is 7.89. The number of thiazole rings is 1. The van der Waals surface area contributed by atoms with Gasteiger partial charge in [0.15, 0.2) is 5.01 Å². The third-order valence-electron chi connectivity index (χ3n) is 7.42. The van der Waals surface area contributed by atoms with E-state index in [9.17, 15) is 23.1 Å². The van der Waals surface area contributed by atoms with Crippen LogP contribution in [0, 0.1) is 5.92 Å². The molecule has 0 radical (unpaired) electrons. The highest BCUT2D eigenvalue weighted by Crippen LogP contribution is 2.39. The second-order valence-corrected chi connectivity index (χ2v) is 14.6. The first-order chi connectivity index (χ1) is 19.3. The van der Waals surface area contributed by atoms with E-state index in [-0.39, 0.29) is 28.0 Å². The van der Waals surface area contributed by atoms with Gasteiger partial charge in [-0.2, -0.15) is 0 Å². The standard InChI is InChI=1S/C29H36N4O6S2/c1-18-11-13-33(14-12-18)27(35)23-24(40-26(31-23)25(34)30-15-28(2,3)36)21-9-10-22(20-8-6-5-7-19(20)21)41(37,38)32-29(4)16-39-17-29/h5-10,18,32,36H,11-17H2,1-4H3,(H,30,34). The van der Waals surface area contributed by atoms with Crippen LogP contribution in [-0.4, -0.2) is 79.2 Å². The van der Waals surface area contributed by atoms with E-state index in [0.29, 0.717) is 53.4 Å². The predicted octanol–water partition coefficient (Wildman–Crippen LogP) is 3.40. The first kappa shape index (κ1) is 29.6. The van der Waals surface area contributed by atoms with Gasteiger partial charge in [-0.1, -0.05) is 37.3 Å². The first-order valence-electron chi connectivity index (χ1n) is 13.7. The number of rotatable bonds is 8. The minimum atomic E-state index is -3.89. The summed E-state index contributed by atoms with van der Waals surface area (Å²) in [6, 6.07) is 10.3. The van der Waals surface area contributed by atoms with Crippen LogP contribution in [-0.2, 0) is 14.8 Å². The van der Waals surface area contributed by atoms with E-state index in [1.807, 2.05) is 12.1 Å². The molecule has 12 heteroatoms. The minimum Gasteiger partial charge on any atom is -0.389 e. The summed E-state index contributed by atoms with van der Waals surface area (Å²) in [5, 5.41) is 14.0. The molecule has 0 saturated carbocycles. The molecule has 41 heavy (non-hydrogen) atoms. The van der Waals surface area contributed by atoms with Gasteiger partial charge in [0, 0.05) is 30.6 Å². The minimum absolute atomic E-state index is 0.0144. The fraction of sp³-hybridized carbons (Fsp3) is 0.483. The van der Waals surface area contributed by atoms with Crippen molar-refractivity contribution in [1.29, 1.82) is 0 Å². The zero-order valence-electron chi connectivity index (χ0n) is 23.7. The second kappa shape index (κ2) is 11.1. The Labute approximate surface area is 244 Å². The zero-order valence-corrected chi connectivity index (χ0v) is 25.3. The quantitative estimate of drug-likeness (QED) is 0.360. The van der Waals surface area contributed by atoms with E-state index in [2.05, 4.69) is 21.9 Å². The van der Waals surface area contributed by atoms with E-state index in [0.717, 1.165) is 24.2 Å². The van der Waals surface area contributed by atoms with Crippen molar-refractivity contribution >= 4 is 43.9 Å². The van der Waals surface area contributed by atoms with E-state index < -0.39 is 27.1 Å². The average Bonchev–Trinajstić information content (AvgIpc) is 3.35. The SMILES string of the molecule is CC1CCN(C(=O)c2nc(C(=O)NCC(C)(C)O)sc2-c2ccc(S(=O)(=O)NC3(C)COC3)c3ccccc23)CC1. The molecule has 0 aliphatic carbocycles. The number of hydrogen-bond donors (Lipinski definition) is 3. The number of carbonyl (C=O) groups is 2. The maximum Gasteiger partial charge on any atom is 0.280 e. The lowest BCUT2D eigenvalue weighted by molar-refractivity contribution is -0.0523. The monoisotopic (exact) mass is 600 g/mol. The number of piperidine rings is 1. The van der Waals surface area contributed by atoms with Crippen molar-refractivity contribution in [2.75, 3.05) is 32.8 Å². The van der Waals surface area contributed by atoms with Crippen LogP contribution < -0.4 is 10.0 Å². The summed E-state index contributed by atoms with van der Waals surface area (Å²) in [7, 11) is -3.89. The van der Waals surface area contributed by atoms with Crippen molar-refractivity contribution in [2.45, 2.75) is 56.6 Å². The predicted molar refractivity (Wildman–Crippen MR) is 158 cm³/mol. The normalized spacial score (nSPS) is 17.8. The smallest absolute Gasteiger partial charge is 0.280 e. The topological polar surface area (TPSA) is 138 Å². The summed E-state index contributed by atoms with van der Waals surface area (Å²) < 4.78 is 34.9. The van der Waals surface area contributed by atoms with E-state index in [4.69, 9.17) is 4.74 Å². The van der Waals surface area contributed by atoms with Crippen molar-refractivity contribution in [2.24, 2.45) is 5.92 Å². The van der Waals surface area contributed by atoms with Crippen LogP contribution in [0.2, 0.25) is 0 Å². The second-order valence-electron chi connectivity index (χ2n) is 12.0. The van der Waals surface area contributed by atoms with Crippen LogP contribution >= 0.6 is 11.3 Å². The summed E-state index contributed by atoms with van der Waals surface area (Å²) in [4.78, 5) is 33.7. The molecule has 2 fully saturated rings. The van der Waals surface area contributed by atoms with E-state index >= 15 is 0 Å². The lowest BCUT2D eigenvalue weighted by Gasteiger charge is -2.38. The van der Waals surface area contributed by atoms with Gasteiger partial charge in [-0.15, -0.1) is 11.3 Å². The zero-order chi connectivity index (χ0) is 29.6. The van der Waals surface area contributed by atoms with Crippen molar-refractivity contribution in [3.63, 3.8) is 0 Å². The van der Waals surface area contributed by atoms with Gasteiger partial charge in [0.05, 0.1) is 34.1 Å². The molecule has 1 aromatic heterocycles. The van der Waals surface area contributed by atoms with Crippen LogP contribution in [0.25, 0.3) is 21.2 Å². The number of aromatic nitrogens is 1. The summed E-state index contributed by atoms with van der Waals surface area (Å²) >= 11 is 1.08. The fourth-order valence-corrected chi connectivity index (χ4v) is 7.63. The number of sulfonamides is 1. The molecule has 2 aliphatic rings. The molecule has 2 aliphatic heterocycles. The van der Waals surface area contributed by atoms with Gasteiger partial charge in [0.2, 0.25) is 10.0 Å². The van der Waals surface area contributed by atoms with E-state index in [1.165, 1.54) is 6.07 Å². The maximum absolute atomic E-state index is 13.8. The number of aliphatic hydroxyl groups is 1. The summed E-state index contributed by atoms with van der Waals surface area (Å²) in [5.74, 6) is -0.226. The third kappa shape index (κ3) is 6.31. The molecule has 0 atom stereocenters. The highest BCUT2D eigenvalue weighted by atomic mass is 32.2. The molecular formula is C29H36N4O6S2. The van der Waals surface area contributed by atoms with Gasteiger partial charge in [-0.05, 0) is 51.0 Å². The maximum atomic E-state index is 13.8. The molecule has 2 aromatic carbocycles. The lowest BCUT2D eigenvalue weighted by atomic mass is 9.98. The number of hydrogen-bond acceptors (Lipinski definition) is 8. The number of amides is 2. The van der Waals surface area contributed by atoms with Gasteiger partial charge in [0.25, 0.3) is 11.8 Å². The number of fused-ring (bicyclic) bond motifs is 1. The molecule has 0 spiro atoms. The number of carbonyl (C=O) groups excluding carboxylic acids is 2. The Hall–Kier alpha value is -2.90. The summed E-state index contributed by atoms with van der Waals surface area (Å²) in [6.45, 7) is 8.93. The highest BCUT2D eigenvalue weighted by Gasteiger charge is 2.38. The summed E-state index contributed by atoms with van der Waals surface area (Å²) in [5.41, 5.74) is -1.01. The number of nitrogens with one attached hydrogen (secondary N) is 2. The van der Waals surface area contributed by atoms with Crippen LogP contribution in [0.4, 0.5) is 0 Å². The molecule has 2 amide bonds. The first-order valence-corrected chi connectivity index (χ1v) is 16.0. The third-order valence-corrected chi connectivity index (χ3v) is 10.2. The number of ether oxygens (including phenoxy) is 1. The molecule has 220 valence electrons. The van der Waals surface area contributed by atoms with Crippen LogP contribution in [0.3, 0.4) is 0 Å². The van der Waals surface area contributed by atoms with Crippen molar-refractivity contribution < 1.29 is 27.9 Å². The van der Waals surface area contributed by atoms with Crippen molar-refractivity contribution in [3.8, 4) is 10.4 Å². The molecule has 5 rings (SSSR count). The number of nitrogens with zero attached hydrogens (tertiary/aromatic N) is 2. The average molecular weight is 601 g/mol. The van der Waals surface area contributed by atoms with Crippen molar-refractivity contribution in [3.05, 3.63) is 47.1 Å². The molecule has 3 N–H and O–H groups in total. The van der Waals surface area contributed by atoms with Gasteiger partial charge >= 0.3 is 0 Å². The largest absolute Gasteiger partial charge is 0.389 e. The Kier molecular flexibility index (Phi) is 7.99. The lowest BCUT2D eigenvalue weighted by Crippen LogP contribution is -2.59. The number of benzene rings is 2. The van der Waals surface area contributed by atoms with Gasteiger partial charge < -0.3 is 20.1 Å². The molecule has 10 nitrogen and oxygen atoms in total. The van der Waals surface area contributed by atoms with Gasteiger partial charge in [-0.3, -0.25) is 9.59 Å². The fourth-order valence-electron chi connectivity index (χ4n) is 5.03. The van der Waals surface area contributed by atoms with Crippen LogP contribution in [0.1, 0.15) is 60.8 Å². The van der Waals surface area contributed by atoms with Gasteiger partial charge in [-0.25, -0.2) is 18.1 Å². The van der Waals surface area contributed by atoms with Crippen molar-refractivity contribution in [1.82, 2.24) is 19.9 Å². The van der Waals surface area contributed by atoms with Crippen LogP contribution in [0.15, 0.2) is 41.3 Å². The molecule has 3 aromatic rings. The van der Waals surface area contributed by atoms with E-state index in [1.54, 1.807) is 43.9 Å². The van der Waals surface area contributed by atoms with Crippen LogP contribution in [0.5, 0.6) is 0 Å². The molecule has 0 unspecified atom stereocenters. The Morgan fingerprint density at radius 2 is 1.80 bits per heavy atom. The molecule has 2 saturated heterocycles. The Balaban J connectivity index is 1.59. The Morgan fingerprint density at radius 3 is 2.41 bits per heavy atom. The Bertz CT molecular complexity index is 1580. The Morgan fingerprint density at radius 1 is 1.15 bits per heavy atom. The molecular weight excluding hydrogens is 564 g/mol. The van der Waals surface area contributed by atoms with Gasteiger partial charge in [0.1, 0.15) is 5.69 Å². The molecule has 3 heterocycles. The molecule has 0 bridgehead atoms.